The van der Waals surface area contributed by atoms with Crippen LogP contribution in [0.4, 0.5) is 5.69 Å². The lowest BCUT2D eigenvalue weighted by atomic mass is 9.99. The number of rotatable bonds is 1. The molecule has 0 bridgehead atoms. The zero-order valence-corrected chi connectivity index (χ0v) is 12.3. The van der Waals surface area contributed by atoms with E-state index in [2.05, 4.69) is 42.8 Å². The van der Waals surface area contributed by atoms with Crippen LogP contribution in [0, 0.1) is 17.9 Å². The van der Waals surface area contributed by atoms with E-state index in [9.17, 15) is 0 Å². The van der Waals surface area contributed by atoms with Crippen molar-refractivity contribution in [1.82, 2.24) is 0 Å². The van der Waals surface area contributed by atoms with Crippen LogP contribution in [0.2, 0.25) is 0 Å². The minimum absolute atomic E-state index is 0.531. The summed E-state index contributed by atoms with van der Waals surface area (Å²) in [5.41, 5.74) is 2.64. The number of benzene rings is 2. The lowest BCUT2D eigenvalue weighted by Gasteiger charge is -2.07. The Kier molecular flexibility index (Phi) is 3.81. The van der Waals surface area contributed by atoms with Gasteiger partial charge in [-0.25, -0.2) is 4.85 Å². The van der Waals surface area contributed by atoms with Gasteiger partial charge in [0.25, 0.3) is 0 Å². The normalized spacial score (nSPS) is 9.56. The van der Waals surface area contributed by atoms with E-state index >= 15 is 0 Å². The molecule has 0 N–H and O–H groups in total. The molecular weight excluding hydrogens is 356 g/mol. The second-order valence-corrected chi connectivity index (χ2v) is 5.41. The summed E-state index contributed by atoms with van der Waals surface area (Å²) < 4.78 is 1.71. The van der Waals surface area contributed by atoms with Gasteiger partial charge < -0.3 is 0 Å². The predicted molar refractivity (Wildman–Crippen MR) is 78.3 cm³/mol. The highest BCUT2D eigenvalue weighted by Crippen LogP contribution is 2.35. The van der Waals surface area contributed by atoms with Crippen molar-refractivity contribution in [1.29, 1.82) is 5.26 Å². The quantitative estimate of drug-likeness (QED) is 0.633. The summed E-state index contributed by atoms with van der Waals surface area (Å²) in [5.74, 6) is 0. The fourth-order valence-corrected chi connectivity index (χ4v) is 2.38. The van der Waals surface area contributed by atoms with E-state index in [0.717, 1.165) is 20.1 Å². The maximum Gasteiger partial charge on any atom is 0.196 e. The molecule has 0 radical (unpaired) electrons. The summed E-state index contributed by atoms with van der Waals surface area (Å²) in [6.45, 7) is 7.21. The molecular formula is C14H6Br2N2. The van der Waals surface area contributed by atoms with E-state index < -0.39 is 0 Å². The number of hydrogen-bond acceptors (Lipinski definition) is 1. The van der Waals surface area contributed by atoms with Crippen LogP contribution in [0.5, 0.6) is 0 Å². The molecule has 4 heteroatoms. The molecule has 0 aromatic heterocycles. The van der Waals surface area contributed by atoms with Crippen molar-refractivity contribution in [2.45, 2.75) is 0 Å². The Hall–Kier alpha value is -1.62. The topological polar surface area (TPSA) is 28.1 Å². The van der Waals surface area contributed by atoms with Gasteiger partial charge in [0.15, 0.2) is 5.69 Å². The summed E-state index contributed by atoms with van der Waals surface area (Å²) in [5, 5.41) is 9.16. The van der Waals surface area contributed by atoms with Gasteiger partial charge in [0.1, 0.15) is 0 Å². The van der Waals surface area contributed by atoms with Crippen molar-refractivity contribution in [2.24, 2.45) is 0 Å². The molecule has 2 aromatic rings. The highest BCUT2D eigenvalue weighted by Gasteiger charge is 2.10. The SMILES string of the molecule is [C-]#[N+]c1cc(Br)ccc1-c1ccc(Br)cc1C#N. The number of nitriles is 1. The van der Waals surface area contributed by atoms with Crippen LogP contribution in [-0.4, -0.2) is 0 Å². The minimum atomic E-state index is 0.531. The first-order valence-electron chi connectivity index (χ1n) is 5.02. The molecule has 0 aliphatic heterocycles. The third kappa shape index (κ3) is 2.46. The smallest absolute Gasteiger partial charge is 0.196 e. The molecule has 2 rings (SSSR count). The van der Waals surface area contributed by atoms with Gasteiger partial charge in [0, 0.05) is 8.95 Å². The van der Waals surface area contributed by atoms with E-state index in [-0.39, 0.29) is 0 Å². The predicted octanol–water partition coefficient (Wildman–Crippen LogP) is 5.30. The summed E-state index contributed by atoms with van der Waals surface area (Å²) in [4.78, 5) is 3.50. The minimum Gasteiger partial charge on any atom is -0.237 e. The van der Waals surface area contributed by atoms with Crippen LogP contribution in [0.25, 0.3) is 16.0 Å². The molecule has 0 atom stereocenters. The Balaban J connectivity index is 2.71. The first-order chi connectivity index (χ1) is 8.65. The maximum absolute atomic E-state index is 9.16. The van der Waals surface area contributed by atoms with E-state index in [1.54, 1.807) is 12.1 Å². The maximum atomic E-state index is 9.16. The molecule has 18 heavy (non-hydrogen) atoms. The van der Waals surface area contributed by atoms with Gasteiger partial charge in [0.2, 0.25) is 0 Å². The van der Waals surface area contributed by atoms with Gasteiger partial charge in [-0.3, -0.25) is 0 Å². The second kappa shape index (κ2) is 5.35. The Bertz CT molecular complexity index is 632. The molecule has 0 fully saturated rings. The molecule has 0 spiro atoms. The van der Waals surface area contributed by atoms with Gasteiger partial charge in [0.05, 0.1) is 18.2 Å². The van der Waals surface area contributed by atoms with Crippen LogP contribution in [-0.2, 0) is 0 Å². The van der Waals surface area contributed by atoms with E-state index in [1.807, 2.05) is 24.3 Å². The van der Waals surface area contributed by atoms with Gasteiger partial charge in [-0.2, -0.15) is 5.26 Å². The van der Waals surface area contributed by atoms with Gasteiger partial charge in [-0.05, 0) is 35.4 Å². The van der Waals surface area contributed by atoms with Crippen LogP contribution < -0.4 is 0 Å². The zero-order valence-electron chi connectivity index (χ0n) is 9.11. The van der Waals surface area contributed by atoms with Crippen LogP contribution in [0.3, 0.4) is 0 Å². The van der Waals surface area contributed by atoms with Crippen molar-refractivity contribution in [2.75, 3.05) is 0 Å². The third-order valence-corrected chi connectivity index (χ3v) is 3.46. The third-order valence-electron chi connectivity index (χ3n) is 2.47. The lowest BCUT2D eigenvalue weighted by Crippen LogP contribution is -1.85. The molecule has 0 saturated carbocycles. The Labute approximate surface area is 122 Å². The van der Waals surface area contributed by atoms with Crippen molar-refractivity contribution in [3.05, 3.63) is 62.3 Å². The Morgan fingerprint density at radius 2 is 1.61 bits per heavy atom. The second-order valence-electron chi connectivity index (χ2n) is 3.57. The number of hydrogen-bond donors (Lipinski definition) is 0. The average molecular weight is 362 g/mol. The number of halogens is 2. The van der Waals surface area contributed by atoms with E-state index in [1.165, 1.54) is 0 Å². The van der Waals surface area contributed by atoms with Crippen LogP contribution in [0.1, 0.15) is 5.56 Å². The summed E-state index contributed by atoms with van der Waals surface area (Å²) in [6, 6.07) is 13.1. The van der Waals surface area contributed by atoms with Gasteiger partial charge in [-0.1, -0.05) is 44.0 Å². The standard InChI is InChI=1S/C14H6Br2N2/c1-18-14-7-11(16)3-5-13(14)12-4-2-10(15)6-9(12)8-17/h2-7H. The number of nitrogens with zero attached hydrogens (tertiary/aromatic N) is 2. The fourth-order valence-electron chi connectivity index (χ4n) is 1.67. The highest BCUT2D eigenvalue weighted by molar-refractivity contribution is 9.10. The summed E-state index contributed by atoms with van der Waals surface area (Å²) >= 11 is 6.68. The van der Waals surface area contributed by atoms with E-state index in [0.29, 0.717) is 11.3 Å². The lowest BCUT2D eigenvalue weighted by molar-refractivity contribution is 1.47. The van der Waals surface area contributed by atoms with Crippen LogP contribution in [0.15, 0.2) is 45.3 Å². The Morgan fingerprint density at radius 3 is 2.22 bits per heavy atom. The molecule has 2 nitrogen and oxygen atoms in total. The molecule has 0 unspecified atom stereocenters. The molecule has 0 amide bonds. The van der Waals surface area contributed by atoms with Crippen molar-refractivity contribution in [3.63, 3.8) is 0 Å². The van der Waals surface area contributed by atoms with Crippen molar-refractivity contribution >= 4 is 37.5 Å². The largest absolute Gasteiger partial charge is 0.237 e. The monoisotopic (exact) mass is 360 g/mol. The molecule has 2 aromatic carbocycles. The van der Waals surface area contributed by atoms with Crippen molar-refractivity contribution < 1.29 is 0 Å². The molecule has 0 saturated heterocycles. The average Bonchev–Trinajstić information content (AvgIpc) is 2.38. The molecule has 0 aliphatic carbocycles. The highest BCUT2D eigenvalue weighted by atomic mass is 79.9. The summed E-state index contributed by atoms with van der Waals surface area (Å²) in [6.07, 6.45) is 0. The zero-order chi connectivity index (χ0) is 13.1. The van der Waals surface area contributed by atoms with E-state index in [4.69, 9.17) is 11.8 Å². The molecule has 86 valence electrons. The van der Waals surface area contributed by atoms with Crippen LogP contribution >= 0.6 is 31.9 Å². The van der Waals surface area contributed by atoms with Crippen molar-refractivity contribution in [3.8, 4) is 17.2 Å². The summed E-state index contributed by atoms with van der Waals surface area (Å²) in [7, 11) is 0. The van der Waals surface area contributed by atoms with Gasteiger partial charge >= 0.3 is 0 Å². The first kappa shape index (κ1) is 12.8. The molecule has 0 aliphatic rings. The first-order valence-corrected chi connectivity index (χ1v) is 6.61. The molecule has 0 heterocycles. The fraction of sp³-hybridized carbons (Fsp3) is 0. The Morgan fingerprint density at radius 1 is 1.00 bits per heavy atom. The van der Waals surface area contributed by atoms with Gasteiger partial charge in [-0.15, -0.1) is 0 Å².